The molecular weight excluding hydrogens is 861 g/mol. The first-order valence-corrected chi connectivity index (χ1v) is 23.7. The molecule has 0 aliphatic carbocycles. The summed E-state index contributed by atoms with van der Waals surface area (Å²) >= 11 is 0. The normalized spacial score (nSPS) is 19.3. The maximum Gasteiger partial charge on any atom is 0.408 e. The molecule has 4 fully saturated rings. The molecule has 10 rings (SSSR count). The zero-order chi connectivity index (χ0) is 46.8. The number of amides is 1. The van der Waals surface area contributed by atoms with Crippen LogP contribution in [-0.2, 0) is 29.2 Å². The number of hydrogen-bond acceptors (Lipinski definition) is 12. The van der Waals surface area contributed by atoms with Gasteiger partial charge in [0.05, 0.1) is 23.2 Å². The van der Waals surface area contributed by atoms with Crippen molar-refractivity contribution in [2.45, 2.75) is 50.8 Å². The molecule has 4 saturated heterocycles. The number of aromatic hydroxyl groups is 1. The molecule has 6 aromatic rings. The number of aromatic amines is 1. The number of aliphatic hydroxyl groups is 1. The van der Waals surface area contributed by atoms with E-state index in [4.69, 9.17) is 14.2 Å². The molecule has 5 aromatic carbocycles. The van der Waals surface area contributed by atoms with E-state index in [1.54, 1.807) is 24.3 Å². The van der Waals surface area contributed by atoms with Crippen LogP contribution in [0.25, 0.3) is 10.9 Å². The molecule has 4 aliphatic heterocycles. The Balaban J connectivity index is 0.673. The Morgan fingerprint density at radius 2 is 1.49 bits per heavy atom. The highest BCUT2D eigenvalue weighted by Gasteiger charge is 2.37. The second-order valence-corrected chi connectivity index (χ2v) is 18.1. The Kier molecular flexibility index (Phi) is 15.1. The first-order chi connectivity index (χ1) is 33.2. The molecule has 14 heteroatoms. The van der Waals surface area contributed by atoms with Crippen molar-refractivity contribution >= 4 is 23.0 Å². The molecule has 4 aliphatic rings. The van der Waals surface area contributed by atoms with Crippen LogP contribution in [0.1, 0.15) is 68.7 Å². The van der Waals surface area contributed by atoms with Gasteiger partial charge in [-0.15, -0.1) is 0 Å². The number of nitrogens with one attached hydrogen (secondary N) is 3. The number of pyridine rings is 1. The molecule has 0 radical (unpaired) electrons. The number of ether oxygens (including phenoxy) is 3. The van der Waals surface area contributed by atoms with Crippen LogP contribution in [0.5, 0.6) is 11.5 Å². The number of aliphatic hydroxyl groups excluding tert-OH is 1. The van der Waals surface area contributed by atoms with E-state index >= 15 is 0 Å². The number of fused-ring (bicyclic) bond motifs is 4. The van der Waals surface area contributed by atoms with Crippen LogP contribution >= 0.6 is 0 Å². The number of carbonyl (C=O) groups excluding carboxylic acids is 2. The van der Waals surface area contributed by atoms with Crippen molar-refractivity contribution in [1.29, 1.82) is 0 Å². The number of aromatic nitrogens is 1. The van der Waals surface area contributed by atoms with Crippen LogP contribution in [-0.4, -0.2) is 114 Å². The van der Waals surface area contributed by atoms with Gasteiger partial charge in [-0.3, -0.25) is 19.5 Å². The van der Waals surface area contributed by atoms with E-state index < -0.39 is 18.2 Å². The molecule has 0 saturated carbocycles. The van der Waals surface area contributed by atoms with Gasteiger partial charge >= 0.3 is 12.1 Å². The number of hydrogen-bond donors (Lipinski definition) is 5. The summed E-state index contributed by atoms with van der Waals surface area (Å²) in [6.45, 7) is 9.61. The van der Waals surface area contributed by atoms with Gasteiger partial charge in [0.25, 0.3) is 0 Å². The molecule has 68 heavy (non-hydrogen) atoms. The Morgan fingerprint density at radius 3 is 2.24 bits per heavy atom. The third kappa shape index (κ3) is 11.9. The summed E-state index contributed by atoms with van der Waals surface area (Å²) in [5, 5.41) is 28.1. The number of rotatable bonds is 18. The quantitative estimate of drug-likeness (QED) is 0.0594. The van der Waals surface area contributed by atoms with Gasteiger partial charge in [0.1, 0.15) is 30.8 Å². The van der Waals surface area contributed by atoms with Crippen molar-refractivity contribution in [3.05, 3.63) is 177 Å². The summed E-state index contributed by atoms with van der Waals surface area (Å²) in [7, 11) is 0. The van der Waals surface area contributed by atoms with Crippen molar-refractivity contribution in [1.82, 2.24) is 30.3 Å². The molecule has 1 amide bonds. The van der Waals surface area contributed by atoms with Crippen molar-refractivity contribution < 1.29 is 34.0 Å². The average molecular weight is 921 g/mol. The molecule has 5 heterocycles. The topological polar surface area (TPSA) is 169 Å². The molecule has 14 nitrogen and oxygen atoms in total. The van der Waals surface area contributed by atoms with Crippen LogP contribution in [0.15, 0.2) is 132 Å². The van der Waals surface area contributed by atoms with Gasteiger partial charge in [-0.25, -0.2) is 9.59 Å². The summed E-state index contributed by atoms with van der Waals surface area (Å²) < 4.78 is 17.9. The smallest absolute Gasteiger partial charge is 0.408 e. The maximum atomic E-state index is 13.3. The molecule has 2 bridgehead atoms. The van der Waals surface area contributed by atoms with Gasteiger partial charge in [-0.05, 0) is 102 Å². The third-order valence-corrected chi connectivity index (χ3v) is 13.5. The van der Waals surface area contributed by atoms with Crippen molar-refractivity contribution in [2.75, 3.05) is 65.5 Å². The second kappa shape index (κ2) is 22.0. The molecule has 5 N–H and O–H groups in total. The number of nitrogens with zero attached hydrogens (tertiary/aromatic N) is 3. The highest BCUT2D eigenvalue weighted by Crippen LogP contribution is 2.32. The summed E-state index contributed by atoms with van der Waals surface area (Å²) in [6, 6.07) is 39.2. The highest BCUT2D eigenvalue weighted by molar-refractivity contribution is 5.89. The van der Waals surface area contributed by atoms with E-state index in [-0.39, 0.29) is 23.4 Å². The fraction of sp³-hybridized carbons (Fsp3) is 0.352. The monoisotopic (exact) mass is 920 g/mol. The lowest BCUT2D eigenvalue weighted by Gasteiger charge is -2.43. The lowest BCUT2D eigenvalue weighted by Crippen LogP contribution is -2.52. The number of esters is 1. The SMILES string of the molecule is O=C(NC(c1ccccc1)c1cccc(OCc2ccc(C(=O)OCCN3CCN(Cc4ccc(CNCC(O)c5ccc(O)c6[nH]c(=O)ccc56)cc4)CC3)cc2)c1)O[C@H]1CN2CCC1CC2. The molecule has 3 atom stereocenters. The van der Waals surface area contributed by atoms with Crippen LogP contribution < -0.4 is 20.9 Å². The van der Waals surface area contributed by atoms with Crippen molar-refractivity contribution in [3.63, 3.8) is 0 Å². The Hall–Kier alpha value is -6.55. The predicted molar refractivity (Wildman–Crippen MR) is 259 cm³/mol. The van der Waals surface area contributed by atoms with Crippen molar-refractivity contribution in [3.8, 4) is 11.5 Å². The van der Waals surface area contributed by atoms with Crippen LogP contribution in [0.4, 0.5) is 4.79 Å². The fourth-order valence-corrected chi connectivity index (χ4v) is 9.58. The molecule has 0 spiro atoms. The Bertz CT molecular complexity index is 2680. The number of phenolic OH excluding ortho intramolecular Hbond substituents is 1. The number of H-pyrrole nitrogens is 1. The summed E-state index contributed by atoms with van der Waals surface area (Å²) in [5.41, 5.74) is 6.19. The van der Waals surface area contributed by atoms with Crippen LogP contribution in [0.2, 0.25) is 0 Å². The third-order valence-electron chi connectivity index (χ3n) is 13.5. The largest absolute Gasteiger partial charge is 0.506 e. The Labute approximate surface area is 396 Å². The summed E-state index contributed by atoms with van der Waals surface area (Å²) in [5.74, 6) is 0.702. The standard InChI is InChI=1S/C54H60N6O8/c61-47-19-17-45(46-18-20-50(63)56-52(46)47)48(62)33-55-32-37-9-11-38(12-10-37)34-60-27-25-58(26-28-60)29-30-66-53(64)42-15-13-39(14-16-42)36-67-44-8-4-7-43(31-44)51(41-5-2-1-3-6-41)57-54(65)68-49-35-59-23-21-40(49)22-24-59/h1-20,31,40,48-49,51,55,61-62H,21-30,32-36H2,(H,56,63)(H,57,65)/t48?,49-,51?/m0/s1. The molecular formula is C54H60N6O8. The van der Waals surface area contributed by atoms with Gasteiger partial charge in [0.2, 0.25) is 5.56 Å². The van der Waals surface area contributed by atoms with Gasteiger partial charge in [-0.2, -0.15) is 0 Å². The van der Waals surface area contributed by atoms with E-state index in [0.29, 0.717) is 66.5 Å². The van der Waals surface area contributed by atoms with Gasteiger partial charge < -0.3 is 40.0 Å². The minimum Gasteiger partial charge on any atom is -0.506 e. The highest BCUT2D eigenvalue weighted by atomic mass is 16.6. The van der Waals surface area contributed by atoms with Gasteiger partial charge in [0.15, 0.2) is 0 Å². The number of alkyl carbamates (subject to hydrolysis) is 1. The summed E-state index contributed by atoms with van der Waals surface area (Å²) in [4.78, 5) is 47.7. The molecule has 354 valence electrons. The number of phenols is 1. The zero-order valence-electron chi connectivity index (χ0n) is 38.2. The van der Waals surface area contributed by atoms with E-state index in [9.17, 15) is 24.6 Å². The Morgan fingerprint density at radius 1 is 0.765 bits per heavy atom. The van der Waals surface area contributed by atoms with E-state index in [0.717, 1.165) is 87.5 Å². The second-order valence-electron chi connectivity index (χ2n) is 18.1. The van der Waals surface area contributed by atoms with E-state index in [1.165, 1.54) is 17.7 Å². The lowest BCUT2D eigenvalue weighted by molar-refractivity contribution is -0.0336. The van der Waals surface area contributed by atoms with E-state index in [1.807, 2.05) is 66.7 Å². The first kappa shape index (κ1) is 46.6. The van der Waals surface area contributed by atoms with Crippen LogP contribution in [0.3, 0.4) is 0 Å². The maximum absolute atomic E-state index is 13.3. The minimum absolute atomic E-state index is 0.0333. The van der Waals surface area contributed by atoms with Crippen molar-refractivity contribution in [2.24, 2.45) is 5.92 Å². The fourth-order valence-electron chi connectivity index (χ4n) is 9.58. The van der Waals surface area contributed by atoms with Gasteiger partial charge in [-0.1, -0.05) is 84.9 Å². The average Bonchev–Trinajstić information content (AvgIpc) is 3.37. The number of piperidine rings is 3. The molecule has 1 aromatic heterocycles. The van der Waals surface area contributed by atoms with E-state index in [2.05, 4.69) is 54.6 Å². The first-order valence-electron chi connectivity index (χ1n) is 23.7. The molecule has 2 unspecified atom stereocenters. The zero-order valence-corrected chi connectivity index (χ0v) is 38.2. The number of carbonyl (C=O) groups is 2. The predicted octanol–water partition coefficient (Wildman–Crippen LogP) is 6.52. The lowest BCUT2D eigenvalue weighted by atomic mass is 9.86. The minimum atomic E-state index is -0.819. The number of benzene rings is 5. The van der Waals surface area contributed by atoms with Crippen LogP contribution in [0, 0.1) is 5.92 Å². The summed E-state index contributed by atoms with van der Waals surface area (Å²) in [6.07, 6.45) is 0.824. The number of piperazine rings is 1. The van der Waals surface area contributed by atoms with Gasteiger partial charge in [0, 0.05) is 70.4 Å².